The number of ketones is 1. The van der Waals surface area contributed by atoms with E-state index in [0.29, 0.717) is 13.2 Å². The molecule has 1 fully saturated rings. The van der Waals surface area contributed by atoms with Crippen LogP contribution in [0.4, 0.5) is 0 Å². The summed E-state index contributed by atoms with van der Waals surface area (Å²) in [6.07, 6.45) is 0. The highest BCUT2D eigenvalue weighted by atomic mass is 16.5. The van der Waals surface area contributed by atoms with Gasteiger partial charge in [0.1, 0.15) is 0 Å². The van der Waals surface area contributed by atoms with Crippen LogP contribution in [0.15, 0.2) is 0 Å². The van der Waals surface area contributed by atoms with Gasteiger partial charge in [-0.25, -0.2) is 4.79 Å². The van der Waals surface area contributed by atoms with Crippen molar-refractivity contribution < 1.29 is 19.1 Å². The minimum atomic E-state index is -0.847. The molecule has 5 heteroatoms. The average molecular weight is 229 g/mol. The van der Waals surface area contributed by atoms with Crippen LogP contribution in [-0.4, -0.2) is 55.1 Å². The maximum absolute atomic E-state index is 11.9. The van der Waals surface area contributed by atoms with Gasteiger partial charge in [0, 0.05) is 0 Å². The van der Waals surface area contributed by atoms with Crippen molar-refractivity contribution in [2.24, 2.45) is 0 Å². The highest BCUT2D eigenvalue weighted by molar-refractivity contribution is 6.37. The molecule has 0 aromatic rings. The summed E-state index contributed by atoms with van der Waals surface area (Å²) in [6.45, 7) is 6.57. The van der Waals surface area contributed by atoms with Gasteiger partial charge < -0.3 is 9.47 Å². The lowest BCUT2D eigenvalue weighted by Gasteiger charge is -2.42. The topological polar surface area (TPSA) is 55.8 Å². The Bertz CT molecular complexity index is 284. The molecule has 0 spiro atoms. The predicted octanol–water partition coefficient (Wildman–Crippen LogP) is 0.228. The monoisotopic (exact) mass is 229 g/mol. The third-order valence-corrected chi connectivity index (χ3v) is 3.07. The van der Waals surface area contributed by atoms with E-state index in [4.69, 9.17) is 9.47 Å². The molecular weight excluding hydrogens is 210 g/mol. The molecule has 0 aliphatic carbocycles. The molecule has 0 saturated carbocycles. The van der Waals surface area contributed by atoms with E-state index in [9.17, 15) is 9.59 Å². The van der Waals surface area contributed by atoms with Crippen LogP contribution in [0.25, 0.3) is 0 Å². The molecule has 1 saturated heterocycles. The molecule has 0 bridgehead atoms. The van der Waals surface area contributed by atoms with Gasteiger partial charge in [-0.2, -0.15) is 0 Å². The standard InChI is InChI=1S/C11H19NO4/c1-5-16-10(14)9(13)11(2,3)12(4)8-6-15-7-8/h8H,5-7H2,1-4H3. The number of ether oxygens (including phenoxy) is 2. The molecule has 0 amide bonds. The van der Waals surface area contributed by atoms with Gasteiger partial charge in [0.25, 0.3) is 5.78 Å². The number of hydrogen-bond donors (Lipinski definition) is 0. The zero-order valence-electron chi connectivity index (χ0n) is 10.3. The highest BCUT2D eigenvalue weighted by Crippen LogP contribution is 2.21. The molecule has 0 aromatic heterocycles. The Morgan fingerprint density at radius 1 is 1.44 bits per heavy atom. The van der Waals surface area contributed by atoms with Crippen LogP contribution in [0.2, 0.25) is 0 Å². The lowest BCUT2D eigenvalue weighted by atomic mass is 9.94. The van der Waals surface area contributed by atoms with E-state index < -0.39 is 17.3 Å². The molecule has 5 nitrogen and oxygen atoms in total. The summed E-state index contributed by atoms with van der Waals surface area (Å²) in [5.74, 6) is -1.27. The van der Waals surface area contributed by atoms with Crippen molar-refractivity contribution in [1.29, 1.82) is 0 Å². The van der Waals surface area contributed by atoms with Gasteiger partial charge in [-0.15, -0.1) is 0 Å². The zero-order valence-corrected chi connectivity index (χ0v) is 10.3. The van der Waals surface area contributed by atoms with E-state index in [0.717, 1.165) is 0 Å². The molecule has 1 heterocycles. The van der Waals surface area contributed by atoms with Crippen LogP contribution in [0.1, 0.15) is 20.8 Å². The Morgan fingerprint density at radius 2 is 2.00 bits per heavy atom. The van der Waals surface area contributed by atoms with Crippen LogP contribution >= 0.6 is 0 Å². The van der Waals surface area contributed by atoms with E-state index in [1.54, 1.807) is 20.8 Å². The van der Waals surface area contributed by atoms with Crippen molar-refractivity contribution in [3.8, 4) is 0 Å². The fourth-order valence-electron chi connectivity index (χ4n) is 1.51. The van der Waals surface area contributed by atoms with Gasteiger partial charge in [0.15, 0.2) is 0 Å². The summed E-state index contributed by atoms with van der Waals surface area (Å²) >= 11 is 0. The first-order valence-corrected chi connectivity index (χ1v) is 5.43. The summed E-state index contributed by atoms with van der Waals surface area (Å²) in [5, 5.41) is 0. The highest BCUT2D eigenvalue weighted by Gasteiger charge is 2.42. The number of esters is 1. The molecule has 0 N–H and O–H groups in total. The first kappa shape index (κ1) is 13.1. The van der Waals surface area contributed by atoms with Crippen LogP contribution < -0.4 is 0 Å². The van der Waals surface area contributed by atoms with E-state index in [-0.39, 0.29) is 12.6 Å². The van der Waals surface area contributed by atoms with Crippen LogP contribution in [0.3, 0.4) is 0 Å². The average Bonchev–Trinajstić information content (AvgIpc) is 2.14. The fourth-order valence-corrected chi connectivity index (χ4v) is 1.51. The summed E-state index contributed by atoms with van der Waals surface area (Å²) in [5.41, 5.74) is -0.847. The molecule has 92 valence electrons. The van der Waals surface area contributed by atoms with Crippen LogP contribution in [-0.2, 0) is 19.1 Å². The largest absolute Gasteiger partial charge is 0.460 e. The van der Waals surface area contributed by atoms with Crippen molar-refractivity contribution in [3.05, 3.63) is 0 Å². The van der Waals surface area contributed by atoms with Crippen molar-refractivity contribution in [3.63, 3.8) is 0 Å². The third kappa shape index (κ3) is 2.41. The Labute approximate surface area is 95.7 Å². The van der Waals surface area contributed by atoms with Crippen molar-refractivity contribution in [1.82, 2.24) is 4.90 Å². The Kier molecular flexibility index (Phi) is 4.04. The maximum Gasteiger partial charge on any atom is 0.376 e. The molecule has 1 aliphatic rings. The number of carbonyl (C=O) groups is 2. The van der Waals surface area contributed by atoms with Gasteiger partial charge in [0.05, 0.1) is 31.4 Å². The van der Waals surface area contributed by atoms with E-state index >= 15 is 0 Å². The minimum absolute atomic E-state index is 0.202. The summed E-state index contributed by atoms with van der Waals surface area (Å²) in [6, 6.07) is 0.202. The SMILES string of the molecule is CCOC(=O)C(=O)C(C)(C)N(C)C1COC1. The number of nitrogens with zero attached hydrogens (tertiary/aromatic N) is 1. The summed E-state index contributed by atoms with van der Waals surface area (Å²) in [7, 11) is 1.82. The molecule has 1 aliphatic heterocycles. The smallest absolute Gasteiger partial charge is 0.376 e. The molecule has 0 radical (unpaired) electrons. The number of likely N-dealkylation sites (N-methyl/N-ethyl adjacent to an activating group) is 1. The van der Waals surface area contributed by atoms with Crippen LogP contribution in [0, 0.1) is 0 Å². The zero-order chi connectivity index (χ0) is 12.3. The van der Waals surface area contributed by atoms with E-state index in [1.807, 2.05) is 11.9 Å². The van der Waals surface area contributed by atoms with Gasteiger partial charge in [-0.1, -0.05) is 0 Å². The fraction of sp³-hybridized carbons (Fsp3) is 0.818. The quantitative estimate of drug-likeness (QED) is 0.499. The number of Topliss-reactive ketones (excluding diaryl/α,β-unsaturated/α-hetero) is 1. The Morgan fingerprint density at radius 3 is 2.38 bits per heavy atom. The molecule has 0 unspecified atom stereocenters. The lowest BCUT2D eigenvalue weighted by Crippen LogP contribution is -2.60. The van der Waals surface area contributed by atoms with E-state index in [1.165, 1.54) is 0 Å². The van der Waals surface area contributed by atoms with Crippen LogP contribution in [0.5, 0.6) is 0 Å². The third-order valence-electron chi connectivity index (χ3n) is 3.07. The predicted molar refractivity (Wildman–Crippen MR) is 58.1 cm³/mol. The Balaban J connectivity index is 2.67. The van der Waals surface area contributed by atoms with Crippen molar-refractivity contribution in [2.75, 3.05) is 26.9 Å². The molecular formula is C11H19NO4. The molecule has 0 aromatic carbocycles. The number of carbonyl (C=O) groups excluding carboxylic acids is 2. The normalized spacial score (nSPS) is 17.1. The first-order chi connectivity index (χ1) is 7.41. The molecule has 1 rings (SSSR count). The van der Waals surface area contributed by atoms with Gasteiger partial charge in [-0.3, -0.25) is 9.69 Å². The number of rotatable bonds is 5. The summed E-state index contributed by atoms with van der Waals surface area (Å²) in [4.78, 5) is 25.1. The van der Waals surface area contributed by atoms with Crippen molar-refractivity contribution in [2.45, 2.75) is 32.4 Å². The number of hydrogen-bond acceptors (Lipinski definition) is 5. The molecule has 16 heavy (non-hydrogen) atoms. The molecule has 0 atom stereocenters. The first-order valence-electron chi connectivity index (χ1n) is 5.43. The maximum atomic E-state index is 11.9. The van der Waals surface area contributed by atoms with E-state index in [2.05, 4.69) is 0 Å². The van der Waals surface area contributed by atoms with Gasteiger partial charge in [0.2, 0.25) is 0 Å². The van der Waals surface area contributed by atoms with Gasteiger partial charge in [-0.05, 0) is 27.8 Å². The second-order valence-corrected chi connectivity index (χ2v) is 4.41. The Hall–Kier alpha value is -0.940. The summed E-state index contributed by atoms with van der Waals surface area (Å²) < 4.78 is 9.79. The minimum Gasteiger partial charge on any atom is -0.460 e. The van der Waals surface area contributed by atoms with Crippen molar-refractivity contribution >= 4 is 11.8 Å². The lowest BCUT2D eigenvalue weighted by molar-refractivity contribution is -0.161. The second kappa shape index (κ2) is 4.93. The second-order valence-electron chi connectivity index (χ2n) is 4.41. The van der Waals surface area contributed by atoms with Gasteiger partial charge >= 0.3 is 5.97 Å².